The van der Waals surface area contributed by atoms with Gasteiger partial charge in [0.25, 0.3) is 11.8 Å². The van der Waals surface area contributed by atoms with Crippen LogP contribution in [0.25, 0.3) is 21.7 Å². The number of benzene rings is 3. The largest absolute Gasteiger partial charge is 0.484 e. The zero-order valence-electron chi connectivity index (χ0n) is 16.1. The average Bonchev–Trinajstić information content (AvgIpc) is 2.75. The highest BCUT2D eigenvalue weighted by molar-refractivity contribution is 5.99. The van der Waals surface area contributed by atoms with E-state index in [0.29, 0.717) is 16.9 Å². The highest BCUT2D eigenvalue weighted by Gasteiger charge is 2.10. The molecule has 30 heavy (non-hydrogen) atoms. The second-order valence-electron chi connectivity index (χ2n) is 6.76. The molecule has 0 saturated carbocycles. The lowest BCUT2D eigenvalue weighted by Crippen LogP contribution is -2.43. The van der Waals surface area contributed by atoms with Gasteiger partial charge in [-0.05, 0) is 47.5 Å². The highest BCUT2D eigenvalue weighted by atomic mass is 16.5. The molecule has 1 heterocycles. The van der Waals surface area contributed by atoms with E-state index in [1.54, 1.807) is 30.3 Å². The molecule has 7 nitrogen and oxygen atoms in total. The minimum Gasteiger partial charge on any atom is -0.484 e. The van der Waals surface area contributed by atoms with E-state index >= 15 is 0 Å². The molecule has 0 saturated heterocycles. The van der Waals surface area contributed by atoms with Crippen molar-refractivity contribution in [1.82, 2.24) is 10.9 Å². The summed E-state index contributed by atoms with van der Waals surface area (Å²) in [6.45, 7) is 1.49. The zero-order chi connectivity index (χ0) is 21.1. The summed E-state index contributed by atoms with van der Waals surface area (Å²) in [5.41, 5.74) is 5.83. The summed E-state index contributed by atoms with van der Waals surface area (Å²) in [5, 5.41) is 2.74. The molecular weight excluding hydrogens is 384 g/mol. The first-order valence-corrected chi connectivity index (χ1v) is 9.25. The molecule has 0 unspecified atom stereocenters. The molecular formula is C23H18N2O5. The van der Waals surface area contributed by atoms with Crippen LogP contribution in [0.3, 0.4) is 0 Å². The quantitative estimate of drug-likeness (QED) is 0.404. The van der Waals surface area contributed by atoms with Gasteiger partial charge in [0.15, 0.2) is 6.61 Å². The predicted molar refractivity (Wildman–Crippen MR) is 112 cm³/mol. The first-order valence-electron chi connectivity index (χ1n) is 9.25. The van der Waals surface area contributed by atoms with Crippen LogP contribution in [-0.2, 0) is 4.79 Å². The third-order valence-corrected chi connectivity index (χ3v) is 4.62. The lowest BCUT2D eigenvalue weighted by molar-refractivity contribution is -0.123. The van der Waals surface area contributed by atoms with Crippen molar-refractivity contribution in [3.05, 3.63) is 88.3 Å². The molecule has 7 heteroatoms. The standard InChI is InChI=1S/C23H18N2O5/c1-14-10-22(27)30-20-12-18(8-9-19(14)20)29-13-21(26)24-25-23(28)17-7-6-15-4-2-3-5-16(15)11-17/h2-12H,13H2,1H3,(H,24,26)(H,25,28). The number of carbonyl (C=O) groups is 2. The maximum Gasteiger partial charge on any atom is 0.336 e. The van der Waals surface area contributed by atoms with Crippen LogP contribution in [0.5, 0.6) is 5.75 Å². The number of hydrazine groups is 1. The second kappa shape index (κ2) is 8.08. The van der Waals surface area contributed by atoms with Crippen LogP contribution in [0.4, 0.5) is 0 Å². The smallest absolute Gasteiger partial charge is 0.336 e. The van der Waals surface area contributed by atoms with Crippen LogP contribution in [0.2, 0.25) is 0 Å². The molecule has 2 N–H and O–H groups in total. The van der Waals surface area contributed by atoms with Crippen LogP contribution in [-0.4, -0.2) is 18.4 Å². The van der Waals surface area contributed by atoms with Gasteiger partial charge in [-0.3, -0.25) is 20.4 Å². The summed E-state index contributed by atoms with van der Waals surface area (Å²) < 4.78 is 10.6. The lowest BCUT2D eigenvalue weighted by atomic mass is 10.1. The van der Waals surface area contributed by atoms with Crippen molar-refractivity contribution in [3.63, 3.8) is 0 Å². The molecule has 0 aliphatic rings. The number of nitrogens with one attached hydrogen (secondary N) is 2. The van der Waals surface area contributed by atoms with Gasteiger partial charge in [0, 0.05) is 23.1 Å². The number of aryl methyl sites for hydroxylation is 1. The van der Waals surface area contributed by atoms with Gasteiger partial charge in [0.2, 0.25) is 0 Å². The van der Waals surface area contributed by atoms with Crippen LogP contribution in [0, 0.1) is 6.92 Å². The van der Waals surface area contributed by atoms with E-state index in [0.717, 1.165) is 21.7 Å². The van der Waals surface area contributed by atoms with Crippen LogP contribution in [0.1, 0.15) is 15.9 Å². The average molecular weight is 402 g/mol. The van der Waals surface area contributed by atoms with Gasteiger partial charge in [-0.2, -0.15) is 0 Å². The molecule has 0 fully saturated rings. The molecule has 2 amide bonds. The summed E-state index contributed by atoms with van der Waals surface area (Å²) in [6, 6.07) is 19.3. The Labute approximate surface area is 171 Å². The van der Waals surface area contributed by atoms with E-state index in [-0.39, 0.29) is 6.61 Å². The third-order valence-electron chi connectivity index (χ3n) is 4.62. The number of fused-ring (bicyclic) bond motifs is 2. The second-order valence-corrected chi connectivity index (χ2v) is 6.76. The molecule has 4 rings (SSSR count). The molecule has 0 bridgehead atoms. The number of hydrogen-bond acceptors (Lipinski definition) is 5. The molecule has 4 aromatic rings. The Morgan fingerprint density at radius 3 is 2.57 bits per heavy atom. The van der Waals surface area contributed by atoms with Gasteiger partial charge in [0.05, 0.1) is 0 Å². The molecule has 0 aliphatic carbocycles. The Hall–Kier alpha value is -4.13. The summed E-state index contributed by atoms with van der Waals surface area (Å²) in [7, 11) is 0. The Kier molecular flexibility index (Phi) is 5.17. The first kappa shape index (κ1) is 19.2. The van der Waals surface area contributed by atoms with Crippen molar-refractivity contribution in [2.45, 2.75) is 6.92 Å². The SMILES string of the molecule is Cc1cc(=O)oc2cc(OCC(=O)NNC(=O)c3ccc4ccccc4c3)ccc12. The van der Waals surface area contributed by atoms with E-state index in [1.807, 2.05) is 37.3 Å². The number of carbonyl (C=O) groups excluding carboxylic acids is 2. The van der Waals surface area contributed by atoms with E-state index in [9.17, 15) is 14.4 Å². The summed E-state index contributed by atoms with van der Waals surface area (Å²) in [6.07, 6.45) is 0. The van der Waals surface area contributed by atoms with Crippen molar-refractivity contribution in [3.8, 4) is 5.75 Å². The zero-order valence-corrected chi connectivity index (χ0v) is 16.1. The number of rotatable bonds is 4. The van der Waals surface area contributed by atoms with Crippen molar-refractivity contribution >= 4 is 33.6 Å². The van der Waals surface area contributed by atoms with Crippen LogP contribution >= 0.6 is 0 Å². The maximum atomic E-state index is 12.3. The van der Waals surface area contributed by atoms with E-state index < -0.39 is 17.4 Å². The monoisotopic (exact) mass is 402 g/mol. The minimum atomic E-state index is -0.532. The molecule has 1 aromatic heterocycles. The number of ether oxygens (including phenoxy) is 1. The predicted octanol–water partition coefficient (Wildman–Crippen LogP) is 3.09. The maximum absolute atomic E-state index is 12.3. The highest BCUT2D eigenvalue weighted by Crippen LogP contribution is 2.22. The Morgan fingerprint density at radius 1 is 0.933 bits per heavy atom. The number of amides is 2. The van der Waals surface area contributed by atoms with Gasteiger partial charge >= 0.3 is 5.63 Å². The van der Waals surface area contributed by atoms with E-state index in [4.69, 9.17) is 9.15 Å². The van der Waals surface area contributed by atoms with Crippen molar-refractivity contribution in [1.29, 1.82) is 0 Å². The van der Waals surface area contributed by atoms with Crippen LogP contribution < -0.4 is 21.2 Å². The van der Waals surface area contributed by atoms with Crippen molar-refractivity contribution < 1.29 is 18.7 Å². The fourth-order valence-electron chi connectivity index (χ4n) is 3.11. The number of hydrogen-bond donors (Lipinski definition) is 2. The van der Waals surface area contributed by atoms with E-state index in [1.165, 1.54) is 6.07 Å². The van der Waals surface area contributed by atoms with E-state index in [2.05, 4.69) is 10.9 Å². The third kappa shape index (κ3) is 4.15. The summed E-state index contributed by atoms with van der Waals surface area (Å²) >= 11 is 0. The van der Waals surface area contributed by atoms with Gasteiger partial charge in [-0.15, -0.1) is 0 Å². The molecule has 150 valence electrons. The first-order chi connectivity index (χ1) is 14.5. The van der Waals surface area contributed by atoms with Crippen molar-refractivity contribution in [2.24, 2.45) is 0 Å². The fourth-order valence-corrected chi connectivity index (χ4v) is 3.11. The van der Waals surface area contributed by atoms with Crippen LogP contribution in [0.15, 0.2) is 75.9 Å². The van der Waals surface area contributed by atoms with Gasteiger partial charge in [-0.1, -0.05) is 30.3 Å². The minimum absolute atomic E-state index is 0.320. The molecule has 3 aromatic carbocycles. The summed E-state index contributed by atoms with van der Waals surface area (Å²) in [4.78, 5) is 35.8. The Balaban J connectivity index is 1.35. The Bertz CT molecular complexity index is 1330. The molecule has 0 aliphatic heterocycles. The molecule has 0 atom stereocenters. The van der Waals surface area contributed by atoms with Crippen molar-refractivity contribution in [2.75, 3.05) is 6.61 Å². The summed E-state index contributed by atoms with van der Waals surface area (Å²) in [5.74, 6) is -0.598. The normalized spacial score (nSPS) is 10.7. The molecule has 0 spiro atoms. The van der Waals surface area contributed by atoms with Gasteiger partial charge in [-0.25, -0.2) is 4.79 Å². The van der Waals surface area contributed by atoms with Gasteiger partial charge in [0.1, 0.15) is 11.3 Å². The Morgan fingerprint density at radius 2 is 1.73 bits per heavy atom. The fraction of sp³-hybridized carbons (Fsp3) is 0.0870. The van der Waals surface area contributed by atoms with Gasteiger partial charge < -0.3 is 9.15 Å². The molecule has 0 radical (unpaired) electrons. The topological polar surface area (TPSA) is 97.6 Å². The lowest BCUT2D eigenvalue weighted by Gasteiger charge is -2.10.